The van der Waals surface area contributed by atoms with E-state index in [-0.39, 0.29) is 11.8 Å². The second-order valence-electron chi connectivity index (χ2n) is 4.99. The Morgan fingerprint density at radius 1 is 1.53 bits per heavy atom. The van der Waals surface area contributed by atoms with Crippen molar-refractivity contribution in [2.45, 2.75) is 25.4 Å². The molecule has 100 valence electrons. The molecule has 0 radical (unpaired) electrons. The molecule has 1 heterocycles. The highest BCUT2D eigenvalue weighted by Crippen LogP contribution is 2.21. The molecule has 1 saturated heterocycles. The SMILES string of the molecule is CNCC(C)C(=O)N(C)CC1(O)CCOCC1. The summed E-state index contributed by atoms with van der Waals surface area (Å²) in [6.45, 7) is 4.09. The Bertz CT molecular complexity index is 252. The molecule has 5 nitrogen and oxygen atoms in total. The Kier molecular flexibility index (Phi) is 5.36. The highest BCUT2D eigenvalue weighted by Gasteiger charge is 2.33. The molecule has 2 N–H and O–H groups in total. The van der Waals surface area contributed by atoms with E-state index >= 15 is 0 Å². The van der Waals surface area contributed by atoms with Gasteiger partial charge in [0.2, 0.25) is 5.91 Å². The first-order valence-corrected chi connectivity index (χ1v) is 6.18. The predicted molar refractivity (Wildman–Crippen MR) is 65.7 cm³/mol. The minimum atomic E-state index is -0.776. The quantitative estimate of drug-likeness (QED) is 0.705. The molecule has 0 bridgehead atoms. The fraction of sp³-hybridized carbons (Fsp3) is 0.917. The summed E-state index contributed by atoms with van der Waals surface area (Å²) in [5.74, 6) is 0.00714. The molecule has 0 aromatic carbocycles. The third kappa shape index (κ3) is 4.26. The molecule has 1 fully saturated rings. The third-order valence-electron chi connectivity index (χ3n) is 3.26. The molecule has 0 aromatic heterocycles. The number of rotatable bonds is 5. The van der Waals surface area contributed by atoms with Crippen molar-refractivity contribution in [1.82, 2.24) is 10.2 Å². The lowest BCUT2D eigenvalue weighted by atomic mass is 9.93. The zero-order valence-corrected chi connectivity index (χ0v) is 11.0. The minimum absolute atomic E-state index is 0.0616. The highest BCUT2D eigenvalue weighted by atomic mass is 16.5. The molecule has 1 aliphatic heterocycles. The fourth-order valence-corrected chi connectivity index (χ4v) is 2.20. The summed E-state index contributed by atoms with van der Waals surface area (Å²) in [4.78, 5) is 13.6. The van der Waals surface area contributed by atoms with E-state index in [0.29, 0.717) is 39.1 Å². The summed E-state index contributed by atoms with van der Waals surface area (Å²) < 4.78 is 5.22. The van der Waals surface area contributed by atoms with Crippen LogP contribution in [0.15, 0.2) is 0 Å². The summed E-state index contributed by atoms with van der Waals surface area (Å²) >= 11 is 0. The Balaban J connectivity index is 2.46. The number of nitrogens with one attached hydrogen (secondary N) is 1. The van der Waals surface area contributed by atoms with E-state index in [1.54, 1.807) is 11.9 Å². The van der Waals surface area contributed by atoms with Crippen molar-refractivity contribution in [2.75, 3.05) is 40.4 Å². The van der Waals surface area contributed by atoms with Gasteiger partial charge in [-0.3, -0.25) is 4.79 Å². The maximum absolute atomic E-state index is 12.0. The molecular formula is C12H24N2O3. The van der Waals surface area contributed by atoms with Crippen LogP contribution in [0, 0.1) is 5.92 Å². The van der Waals surface area contributed by atoms with Crippen LogP contribution in [0.25, 0.3) is 0 Å². The predicted octanol–water partition coefficient (Wildman–Crippen LogP) is -0.158. The van der Waals surface area contributed by atoms with E-state index in [2.05, 4.69) is 5.32 Å². The number of likely N-dealkylation sites (N-methyl/N-ethyl adjacent to an activating group) is 1. The van der Waals surface area contributed by atoms with Crippen LogP contribution in [-0.2, 0) is 9.53 Å². The van der Waals surface area contributed by atoms with Gasteiger partial charge in [-0.05, 0) is 7.05 Å². The smallest absolute Gasteiger partial charge is 0.226 e. The third-order valence-corrected chi connectivity index (χ3v) is 3.26. The molecule has 1 amide bonds. The van der Waals surface area contributed by atoms with Crippen LogP contribution in [-0.4, -0.2) is 61.9 Å². The van der Waals surface area contributed by atoms with Crippen LogP contribution in [0.2, 0.25) is 0 Å². The zero-order chi connectivity index (χ0) is 12.9. The lowest BCUT2D eigenvalue weighted by Crippen LogP contribution is -2.49. The molecule has 0 spiro atoms. The van der Waals surface area contributed by atoms with E-state index in [9.17, 15) is 9.90 Å². The van der Waals surface area contributed by atoms with Gasteiger partial charge in [0.15, 0.2) is 0 Å². The topological polar surface area (TPSA) is 61.8 Å². The molecular weight excluding hydrogens is 220 g/mol. The fourth-order valence-electron chi connectivity index (χ4n) is 2.20. The number of nitrogens with zero attached hydrogens (tertiary/aromatic N) is 1. The standard InChI is InChI=1S/C12H24N2O3/c1-10(8-13-2)11(15)14(3)9-12(16)4-6-17-7-5-12/h10,13,16H,4-9H2,1-3H3. The summed E-state index contributed by atoms with van der Waals surface area (Å²) in [6.07, 6.45) is 1.20. The summed E-state index contributed by atoms with van der Waals surface area (Å²) in [6, 6.07) is 0. The number of hydrogen-bond donors (Lipinski definition) is 2. The van der Waals surface area contributed by atoms with Crippen molar-refractivity contribution in [1.29, 1.82) is 0 Å². The normalized spacial score (nSPS) is 20.9. The van der Waals surface area contributed by atoms with Crippen molar-refractivity contribution in [2.24, 2.45) is 5.92 Å². The first-order valence-electron chi connectivity index (χ1n) is 6.18. The van der Waals surface area contributed by atoms with E-state index in [0.717, 1.165) is 0 Å². The minimum Gasteiger partial charge on any atom is -0.388 e. The summed E-state index contributed by atoms with van der Waals surface area (Å²) in [5, 5.41) is 13.3. The average molecular weight is 244 g/mol. The van der Waals surface area contributed by atoms with Gasteiger partial charge in [-0.1, -0.05) is 6.92 Å². The van der Waals surface area contributed by atoms with E-state index in [1.807, 2.05) is 14.0 Å². The zero-order valence-electron chi connectivity index (χ0n) is 11.0. The van der Waals surface area contributed by atoms with Gasteiger partial charge in [-0.2, -0.15) is 0 Å². The molecule has 1 unspecified atom stereocenters. The van der Waals surface area contributed by atoms with Gasteiger partial charge in [-0.15, -0.1) is 0 Å². The molecule has 0 saturated carbocycles. The van der Waals surface area contributed by atoms with Crippen LogP contribution in [0.4, 0.5) is 0 Å². The number of hydrogen-bond acceptors (Lipinski definition) is 4. The van der Waals surface area contributed by atoms with Gasteiger partial charge in [0.25, 0.3) is 0 Å². The lowest BCUT2D eigenvalue weighted by molar-refractivity contribution is -0.140. The van der Waals surface area contributed by atoms with Crippen molar-refractivity contribution >= 4 is 5.91 Å². The Morgan fingerprint density at radius 2 is 2.12 bits per heavy atom. The number of carbonyl (C=O) groups is 1. The van der Waals surface area contributed by atoms with Gasteiger partial charge in [0, 0.05) is 52.1 Å². The molecule has 17 heavy (non-hydrogen) atoms. The van der Waals surface area contributed by atoms with Gasteiger partial charge in [0.1, 0.15) is 0 Å². The summed E-state index contributed by atoms with van der Waals surface area (Å²) in [7, 11) is 3.58. The molecule has 1 aliphatic rings. The average Bonchev–Trinajstić information content (AvgIpc) is 2.28. The first-order chi connectivity index (χ1) is 7.98. The second kappa shape index (κ2) is 6.33. The van der Waals surface area contributed by atoms with Crippen LogP contribution in [0.1, 0.15) is 19.8 Å². The lowest BCUT2D eigenvalue weighted by Gasteiger charge is -2.36. The Hall–Kier alpha value is -0.650. The Labute approximate surface area is 103 Å². The number of amides is 1. The molecule has 0 aliphatic carbocycles. The monoisotopic (exact) mass is 244 g/mol. The molecule has 1 atom stereocenters. The van der Waals surface area contributed by atoms with E-state index in [4.69, 9.17) is 4.74 Å². The van der Waals surface area contributed by atoms with Crippen molar-refractivity contribution in [3.05, 3.63) is 0 Å². The largest absolute Gasteiger partial charge is 0.388 e. The second-order valence-corrected chi connectivity index (χ2v) is 4.99. The van der Waals surface area contributed by atoms with E-state index < -0.39 is 5.60 Å². The van der Waals surface area contributed by atoms with Crippen LogP contribution < -0.4 is 5.32 Å². The molecule has 1 rings (SSSR count). The van der Waals surface area contributed by atoms with Gasteiger partial charge >= 0.3 is 0 Å². The van der Waals surface area contributed by atoms with Crippen molar-refractivity contribution in [3.8, 4) is 0 Å². The van der Waals surface area contributed by atoms with E-state index in [1.165, 1.54) is 0 Å². The maximum atomic E-state index is 12.0. The summed E-state index contributed by atoms with van der Waals surface area (Å²) in [5.41, 5.74) is -0.776. The van der Waals surface area contributed by atoms with Gasteiger partial charge in [0.05, 0.1) is 5.60 Å². The van der Waals surface area contributed by atoms with Crippen molar-refractivity contribution in [3.63, 3.8) is 0 Å². The number of aliphatic hydroxyl groups is 1. The molecule has 0 aromatic rings. The number of ether oxygens (including phenoxy) is 1. The van der Waals surface area contributed by atoms with Gasteiger partial charge in [-0.25, -0.2) is 0 Å². The Morgan fingerprint density at radius 3 is 2.65 bits per heavy atom. The van der Waals surface area contributed by atoms with Crippen molar-refractivity contribution < 1.29 is 14.6 Å². The highest BCUT2D eigenvalue weighted by molar-refractivity contribution is 5.78. The van der Waals surface area contributed by atoms with Crippen LogP contribution in [0.3, 0.4) is 0 Å². The maximum Gasteiger partial charge on any atom is 0.226 e. The van der Waals surface area contributed by atoms with Crippen LogP contribution >= 0.6 is 0 Å². The molecule has 5 heteroatoms. The number of carbonyl (C=O) groups excluding carboxylic acids is 1. The van der Waals surface area contributed by atoms with Crippen LogP contribution in [0.5, 0.6) is 0 Å². The first kappa shape index (κ1) is 14.4. The van der Waals surface area contributed by atoms with Gasteiger partial charge < -0.3 is 20.1 Å².